The molecular formula is C64H46N4Si2. The summed E-state index contributed by atoms with van der Waals surface area (Å²) in [5.74, 6) is 0.875. The minimum absolute atomic E-state index is 0.875. The fourth-order valence-corrected chi connectivity index (χ4v) is 21.5. The van der Waals surface area contributed by atoms with Crippen molar-refractivity contribution in [2.24, 2.45) is 0 Å². The summed E-state index contributed by atoms with van der Waals surface area (Å²) in [6, 6.07) is 99.0. The molecule has 0 fully saturated rings. The van der Waals surface area contributed by atoms with Gasteiger partial charge in [0.25, 0.3) is 0 Å². The molecule has 3 aromatic heterocycles. The van der Waals surface area contributed by atoms with E-state index in [9.17, 15) is 0 Å². The molecule has 0 atom stereocenters. The Morgan fingerprint density at radius 3 is 1.56 bits per heavy atom. The van der Waals surface area contributed by atoms with Crippen LogP contribution in [0.25, 0.3) is 38.9 Å². The fourth-order valence-electron chi connectivity index (χ4n) is 11.6. The van der Waals surface area contributed by atoms with Gasteiger partial charge in [0.05, 0.1) is 16.7 Å². The Labute approximate surface area is 410 Å². The summed E-state index contributed by atoms with van der Waals surface area (Å²) >= 11 is 0. The minimum Gasteiger partial charge on any atom is -0.311 e. The quantitative estimate of drug-likeness (QED) is 0.107. The van der Waals surface area contributed by atoms with Gasteiger partial charge in [-0.05, 0) is 102 Å². The molecule has 70 heavy (non-hydrogen) atoms. The molecule has 0 aliphatic carbocycles. The SMILES string of the molecule is c1ccc(N2c3ccccc3[Si](c3ccccc3)(c3ccccc3)c3cc4c5ccc([Si](c6ccccc6)(c6ccccc6)c6cccc(-c7ccccn7)c6)cc5n(-c5ccccn5)c4cc32)cc1. The van der Waals surface area contributed by atoms with Gasteiger partial charge in [-0.25, -0.2) is 4.98 Å². The molecule has 4 heterocycles. The monoisotopic (exact) mass is 926 g/mol. The molecule has 6 heteroatoms. The number of para-hydroxylation sites is 2. The zero-order chi connectivity index (χ0) is 46.5. The van der Waals surface area contributed by atoms with Gasteiger partial charge in [0.15, 0.2) is 16.1 Å². The van der Waals surface area contributed by atoms with Gasteiger partial charge in [0.2, 0.25) is 0 Å². The first kappa shape index (κ1) is 41.5. The lowest BCUT2D eigenvalue weighted by Crippen LogP contribution is -2.77. The predicted octanol–water partition coefficient (Wildman–Crippen LogP) is 9.78. The average Bonchev–Trinajstić information content (AvgIpc) is 3.76. The van der Waals surface area contributed by atoms with Gasteiger partial charge in [0.1, 0.15) is 5.82 Å². The van der Waals surface area contributed by atoms with Crippen LogP contribution < -0.4 is 46.4 Å². The lowest BCUT2D eigenvalue weighted by Gasteiger charge is -2.45. The number of pyridine rings is 2. The van der Waals surface area contributed by atoms with Crippen molar-refractivity contribution in [3.63, 3.8) is 0 Å². The van der Waals surface area contributed by atoms with E-state index in [1.54, 1.807) is 0 Å². The fraction of sp³-hybridized carbons (Fsp3) is 0. The van der Waals surface area contributed by atoms with Gasteiger partial charge in [-0.1, -0.05) is 206 Å². The van der Waals surface area contributed by atoms with E-state index in [-0.39, 0.29) is 0 Å². The van der Waals surface area contributed by atoms with Gasteiger partial charge >= 0.3 is 0 Å². The molecule has 0 unspecified atom stereocenters. The summed E-state index contributed by atoms with van der Waals surface area (Å²) in [7, 11) is -6.05. The maximum Gasteiger partial charge on any atom is 0.184 e. The van der Waals surface area contributed by atoms with Crippen molar-refractivity contribution < 1.29 is 0 Å². The summed E-state index contributed by atoms with van der Waals surface area (Å²) in [6.45, 7) is 0. The Kier molecular flexibility index (Phi) is 10.2. The molecule has 9 aromatic carbocycles. The third-order valence-electron chi connectivity index (χ3n) is 14.5. The molecule has 0 saturated heterocycles. The van der Waals surface area contributed by atoms with Crippen LogP contribution in [0.4, 0.5) is 17.1 Å². The number of aromatic nitrogens is 3. The smallest absolute Gasteiger partial charge is 0.184 e. The van der Waals surface area contributed by atoms with E-state index in [2.05, 4.69) is 264 Å². The standard InChI is InChI=1S/C64H46N4Si2/c1-6-24-48(25-7-1)67-58-36-16-17-37-62(58)70(51-30-12-4-13-31-51,52-32-14-5-15-33-52)63-45-56-55-40-39-54(44-59(55)68(60(56)46-61(63)67)64-38-19-21-42-66-64)69(49-26-8-2-9-27-49,50-28-10-3-11-29-50)53-34-22-23-47(43-53)57-35-18-20-41-65-57/h1-46H. The van der Waals surface area contributed by atoms with Crippen LogP contribution in [0.3, 0.4) is 0 Å². The van der Waals surface area contributed by atoms with Crippen LogP contribution in [0.5, 0.6) is 0 Å². The summed E-state index contributed by atoms with van der Waals surface area (Å²) in [5, 5.41) is 13.0. The zero-order valence-corrected chi connectivity index (χ0v) is 40.3. The van der Waals surface area contributed by atoms with Crippen LogP contribution in [-0.2, 0) is 0 Å². The van der Waals surface area contributed by atoms with Gasteiger partial charge in [0, 0.05) is 45.8 Å². The van der Waals surface area contributed by atoms with Gasteiger partial charge in [-0.2, -0.15) is 0 Å². The maximum absolute atomic E-state index is 5.14. The third kappa shape index (κ3) is 6.42. The van der Waals surface area contributed by atoms with Crippen molar-refractivity contribution in [3.05, 3.63) is 279 Å². The van der Waals surface area contributed by atoms with Crippen LogP contribution in [0, 0.1) is 0 Å². The number of hydrogen-bond acceptors (Lipinski definition) is 3. The van der Waals surface area contributed by atoms with Crippen molar-refractivity contribution >= 4 is 96.5 Å². The number of fused-ring (bicyclic) bond motifs is 5. The summed E-state index contributed by atoms with van der Waals surface area (Å²) in [5.41, 5.74) is 7.80. The second-order valence-corrected chi connectivity index (χ2v) is 25.6. The zero-order valence-electron chi connectivity index (χ0n) is 38.3. The van der Waals surface area contributed by atoms with Crippen molar-refractivity contribution in [1.29, 1.82) is 0 Å². The minimum atomic E-state index is -3.05. The Balaban J connectivity index is 1.17. The molecule has 0 saturated carbocycles. The topological polar surface area (TPSA) is 34.0 Å². The first-order valence-corrected chi connectivity index (χ1v) is 28.0. The molecule has 12 aromatic rings. The normalized spacial score (nSPS) is 12.9. The highest BCUT2D eigenvalue weighted by atomic mass is 28.3. The Morgan fingerprint density at radius 1 is 0.357 bits per heavy atom. The van der Waals surface area contributed by atoms with Gasteiger partial charge in [-0.3, -0.25) is 9.55 Å². The van der Waals surface area contributed by atoms with E-state index >= 15 is 0 Å². The number of nitrogens with zero attached hydrogens (tertiary/aromatic N) is 4. The summed E-state index contributed by atoms with van der Waals surface area (Å²) < 4.78 is 2.42. The molecule has 1 aliphatic rings. The van der Waals surface area contributed by atoms with E-state index in [0.29, 0.717) is 0 Å². The highest BCUT2D eigenvalue weighted by Crippen LogP contribution is 2.42. The third-order valence-corrected chi connectivity index (χ3v) is 24.1. The highest BCUT2D eigenvalue weighted by molar-refractivity contribution is 7.21. The van der Waals surface area contributed by atoms with Crippen LogP contribution in [0.15, 0.2) is 279 Å². The second-order valence-electron chi connectivity index (χ2n) is 18.1. The lowest BCUT2D eigenvalue weighted by molar-refractivity contribution is 1.08. The predicted molar refractivity (Wildman–Crippen MR) is 297 cm³/mol. The Bertz CT molecular complexity index is 3740. The van der Waals surface area contributed by atoms with Crippen molar-refractivity contribution in [2.45, 2.75) is 0 Å². The van der Waals surface area contributed by atoms with Crippen LogP contribution in [0.2, 0.25) is 0 Å². The number of rotatable bonds is 9. The van der Waals surface area contributed by atoms with Crippen molar-refractivity contribution in [3.8, 4) is 17.1 Å². The molecule has 1 aliphatic heterocycles. The van der Waals surface area contributed by atoms with E-state index in [1.165, 1.54) is 63.6 Å². The largest absolute Gasteiger partial charge is 0.311 e. The maximum atomic E-state index is 5.14. The highest BCUT2D eigenvalue weighted by Gasteiger charge is 2.49. The summed E-state index contributed by atoms with van der Waals surface area (Å²) in [6.07, 6.45) is 3.80. The first-order valence-electron chi connectivity index (χ1n) is 24.0. The van der Waals surface area contributed by atoms with Crippen molar-refractivity contribution in [1.82, 2.24) is 14.5 Å². The Morgan fingerprint density at radius 2 is 0.914 bits per heavy atom. The molecule has 330 valence electrons. The van der Waals surface area contributed by atoms with Gasteiger partial charge < -0.3 is 4.90 Å². The molecule has 0 amide bonds. The van der Waals surface area contributed by atoms with Crippen molar-refractivity contribution in [2.75, 3.05) is 4.90 Å². The molecule has 0 bridgehead atoms. The number of benzene rings is 9. The summed E-state index contributed by atoms with van der Waals surface area (Å²) in [4.78, 5) is 12.5. The molecule has 13 rings (SSSR count). The molecule has 0 N–H and O–H groups in total. The van der Waals surface area contributed by atoms with Crippen LogP contribution in [-0.4, -0.2) is 30.7 Å². The van der Waals surface area contributed by atoms with E-state index in [4.69, 9.17) is 9.97 Å². The van der Waals surface area contributed by atoms with E-state index in [1.807, 2.05) is 24.5 Å². The second kappa shape index (κ2) is 17.1. The molecule has 0 radical (unpaired) electrons. The Hall–Kier alpha value is -8.69. The number of hydrogen-bond donors (Lipinski definition) is 0. The van der Waals surface area contributed by atoms with Gasteiger partial charge in [-0.15, -0.1) is 0 Å². The lowest BCUT2D eigenvalue weighted by atomic mass is 10.1. The number of anilines is 3. The molecule has 0 spiro atoms. The van der Waals surface area contributed by atoms with E-state index in [0.717, 1.165) is 33.8 Å². The van der Waals surface area contributed by atoms with Crippen LogP contribution in [0.1, 0.15) is 0 Å². The first-order chi connectivity index (χ1) is 34.7. The molecular weight excluding hydrogens is 881 g/mol. The van der Waals surface area contributed by atoms with Crippen LogP contribution >= 0.6 is 0 Å². The van der Waals surface area contributed by atoms with E-state index < -0.39 is 16.1 Å². The average molecular weight is 927 g/mol. The molecule has 4 nitrogen and oxygen atoms in total.